The summed E-state index contributed by atoms with van der Waals surface area (Å²) in [7, 11) is 3.14. The highest BCUT2D eigenvalue weighted by Gasteiger charge is 2.37. The minimum absolute atomic E-state index is 0.0434. The van der Waals surface area contributed by atoms with Crippen LogP contribution in [0.1, 0.15) is 26.2 Å². The quantitative estimate of drug-likeness (QED) is 0.789. The Bertz CT molecular complexity index is 700. The third-order valence-corrected chi connectivity index (χ3v) is 5.67. The van der Waals surface area contributed by atoms with Crippen LogP contribution in [0.2, 0.25) is 0 Å². The number of nitrogens with zero attached hydrogens (tertiary/aromatic N) is 1. The third kappa shape index (κ3) is 4.35. The summed E-state index contributed by atoms with van der Waals surface area (Å²) in [5, 5.41) is 6.42. The van der Waals surface area contributed by atoms with E-state index in [4.69, 9.17) is 9.47 Å². The molecule has 148 valence electrons. The number of carbonyl (C=O) groups excluding carboxylic acids is 2. The fourth-order valence-electron chi connectivity index (χ4n) is 3.78. The summed E-state index contributed by atoms with van der Waals surface area (Å²) in [6.45, 7) is 5.21. The lowest BCUT2D eigenvalue weighted by Gasteiger charge is -2.34. The number of amides is 2. The Morgan fingerprint density at radius 1 is 1.30 bits per heavy atom. The fourth-order valence-corrected chi connectivity index (χ4v) is 3.78. The van der Waals surface area contributed by atoms with Gasteiger partial charge in [-0.1, -0.05) is 6.92 Å². The predicted molar refractivity (Wildman–Crippen MR) is 103 cm³/mol. The van der Waals surface area contributed by atoms with E-state index in [9.17, 15) is 9.59 Å². The van der Waals surface area contributed by atoms with Crippen LogP contribution in [-0.4, -0.2) is 52.2 Å². The number of carbonyl (C=O) groups is 2. The first-order valence-electron chi connectivity index (χ1n) is 9.46. The highest BCUT2D eigenvalue weighted by Crippen LogP contribution is 2.36. The first kappa shape index (κ1) is 19.5. The van der Waals surface area contributed by atoms with Gasteiger partial charge >= 0.3 is 0 Å². The Kier molecular flexibility index (Phi) is 5.89. The Hall–Kier alpha value is -2.28. The highest BCUT2D eigenvalue weighted by atomic mass is 16.5. The molecule has 1 unspecified atom stereocenters. The van der Waals surface area contributed by atoms with E-state index in [2.05, 4.69) is 17.6 Å². The van der Waals surface area contributed by atoms with Crippen molar-refractivity contribution in [1.82, 2.24) is 10.6 Å². The van der Waals surface area contributed by atoms with Gasteiger partial charge in [0.1, 0.15) is 11.5 Å². The molecule has 2 fully saturated rings. The summed E-state index contributed by atoms with van der Waals surface area (Å²) >= 11 is 0. The van der Waals surface area contributed by atoms with Gasteiger partial charge in [0.15, 0.2) is 0 Å². The molecule has 3 rings (SSSR count). The first-order valence-corrected chi connectivity index (χ1v) is 9.46. The van der Waals surface area contributed by atoms with Crippen molar-refractivity contribution in [1.29, 1.82) is 0 Å². The van der Waals surface area contributed by atoms with Crippen molar-refractivity contribution in [3.05, 3.63) is 18.2 Å². The summed E-state index contributed by atoms with van der Waals surface area (Å²) in [5.41, 5.74) is 0.798. The molecule has 2 aliphatic heterocycles. The zero-order valence-corrected chi connectivity index (χ0v) is 16.3. The first-order chi connectivity index (χ1) is 13.0. The highest BCUT2D eigenvalue weighted by molar-refractivity contribution is 6.01. The molecule has 27 heavy (non-hydrogen) atoms. The number of rotatable bonds is 6. The molecule has 2 N–H and O–H groups in total. The van der Waals surface area contributed by atoms with Crippen molar-refractivity contribution in [2.75, 3.05) is 45.3 Å². The Morgan fingerprint density at radius 3 is 2.70 bits per heavy atom. The number of piperidine rings is 1. The number of methoxy groups -OCH3 is 2. The number of nitrogens with one attached hydrogen (secondary N) is 2. The largest absolute Gasteiger partial charge is 0.497 e. The van der Waals surface area contributed by atoms with Gasteiger partial charge in [-0.05, 0) is 43.5 Å². The molecule has 0 radical (unpaired) electrons. The minimum Gasteiger partial charge on any atom is -0.497 e. The van der Waals surface area contributed by atoms with E-state index < -0.39 is 0 Å². The van der Waals surface area contributed by atoms with Gasteiger partial charge in [-0.15, -0.1) is 0 Å². The second kappa shape index (κ2) is 8.17. The normalized spacial score (nSPS) is 21.8. The Labute approximate surface area is 160 Å². The topological polar surface area (TPSA) is 79.9 Å². The van der Waals surface area contributed by atoms with Crippen LogP contribution in [0, 0.1) is 11.3 Å². The van der Waals surface area contributed by atoms with E-state index in [0.29, 0.717) is 30.3 Å². The van der Waals surface area contributed by atoms with E-state index >= 15 is 0 Å². The predicted octanol–water partition coefficient (Wildman–Crippen LogP) is 1.56. The molecule has 0 saturated carbocycles. The summed E-state index contributed by atoms with van der Waals surface area (Å²) < 4.78 is 10.6. The molecule has 7 heteroatoms. The second-order valence-corrected chi connectivity index (χ2v) is 7.72. The molecule has 1 aromatic rings. The molecule has 0 aliphatic carbocycles. The molecule has 7 nitrogen and oxygen atoms in total. The minimum atomic E-state index is -0.338. The van der Waals surface area contributed by atoms with Gasteiger partial charge in [-0.2, -0.15) is 0 Å². The Morgan fingerprint density at radius 2 is 2.04 bits per heavy atom. The molecule has 0 bridgehead atoms. The van der Waals surface area contributed by atoms with Gasteiger partial charge in [-0.3, -0.25) is 9.59 Å². The maximum Gasteiger partial charge on any atom is 0.227 e. The molecule has 2 amide bonds. The van der Waals surface area contributed by atoms with Gasteiger partial charge in [-0.25, -0.2) is 0 Å². The molecule has 1 atom stereocenters. The molecule has 1 aromatic carbocycles. The number of hydrogen-bond donors (Lipinski definition) is 2. The van der Waals surface area contributed by atoms with Crippen molar-refractivity contribution in [2.45, 2.75) is 26.2 Å². The monoisotopic (exact) mass is 375 g/mol. The van der Waals surface area contributed by atoms with Gasteiger partial charge in [0.25, 0.3) is 0 Å². The van der Waals surface area contributed by atoms with E-state index in [1.807, 2.05) is 0 Å². The lowest BCUT2D eigenvalue weighted by Crippen LogP contribution is -2.44. The van der Waals surface area contributed by atoms with E-state index in [0.717, 1.165) is 25.9 Å². The maximum absolute atomic E-state index is 12.7. The number of anilines is 1. The van der Waals surface area contributed by atoms with Gasteiger partial charge < -0.3 is 25.0 Å². The van der Waals surface area contributed by atoms with E-state index in [-0.39, 0.29) is 29.6 Å². The van der Waals surface area contributed by atoms with Crippen LogP contribution < -0.4 is 25.0 Å². The average Bonchev–Trinajstić information content (AvgIpc) is 3.07. The zero-order chi connectivity index (χ0) is 19.4. The summed E-state index contributed by atoms with van der Waals surface area (Å²) in [4.78, 5) is 26.8. The van der Waals surface area contributed by atoms with E-state index in [1.165, 1.54) is 0 Å². The molecule has 2 aliphatic rings. The summed E-state index contributed by atoms with van der Waals surface area (Å²) in [5.74, 6) is 0.775. The fraction of sp³-hybridized carbons (Fsp3) is 0.600. The summed E-state index contributed by atoms with van der Waals surface area (Å²) in [6, 6.07) is 5.33. The number of hydrogen-bond acceptors (Lipinski definition) is 5. The van der Waals surface area contributed by atoms with Crippen molar-refractivity contribution in [3.8, 4) is 11.5 Å². The number of benzene rings is 1. The van der Waals surface area contributed by atoms with Gasteiger partial charge in [0.2, 0.25) is 11.8 Å². The SMILES string of the molecule is COc1ccc(N2CC(C(=O)NCC3(C)CCNCC3)CC2=O)c(OC)c1. The lowest BCUT2D eigenvalue weighted by molar-refractivity contribution is -0.126. The lowest BCUT2D eigenvalue weighted by atomic mass is 9.81. The van der Waals surface area contributed by atoms with Crippen molar-refractivity contribution >= 4 is 17.5 Å². The van der Waals surface area contributed by atoms with Crippen LogP contribution in [0.5, 0.6) is 11.5 Å². The summed E-state index contributed by atoms with van der Waals surface area (Å²) in [6.07, 6.45) is 2.32. The van der Waals surface area contributed by atoms with Crippen LogP contribution >= 0.6 is 0 Å². The zero-order valence-electron chi connectivity index (χ0n) is 16.3. The van der Waals surface area contributed by atoms with Gasteiger partial charge in [0, 0.05) is 25.6 Å². The standard InChI is InChI=1S/C20H29N3O4/c1-20(6-8-21-9-7-20)13-22-19(25)14-10-18(24)23(12-14)16-5-4-15(26-2)11-17(16)27-3/h4-5,11,14,21H,6-10,12-13H2,1-3H3,(H,22,25). The van der Waals surface area contributed by atoms with E-state index in [1.54, 1.807) is 37.3 Å². The molecular formula is C20H29N3O4. The number of ether oxygens (including phenoxy) is 2. The van der Waals surface area contributed by atoms with Crippen LogP contribution in [0.4, 0.5) is 5.69 Å². The Balaban J connectivity index is 1.64. The third-order valence-electron chi connectivity index (χ3n) is 5.67. The van der Waals surface area contributed by atoms with Crippen LogP contribution in [0.25, 0.3) is 0 Å². The average molecular weight is 375 g/mol. The van der Waals surface area contributed by atoms with Crippen molar-refractivity contribution in [3.63, 3.8) is 0 Å². The molecule has 0 spiro atoms. The van der Waals surface area contributed by atoms with Crippen LogP contribution in [0.3, 0.4) is 0 Å². The maximum atomic E-state index is 12.7. The second-order valence-electron chi connectivity index (χ2n) is 7.72. The van der Waals surface area contributed by atoms with Crippen LogP contribution in [0.15, 0.2) is 18.2 Å². The van der Waals surface area contributed by atoms with Crippen LogP contribution in [-0.2, 0) is 9.59 Å². The molecule has 2 saturated heterocycles. The molecular weight excluding hydrogens is 346 g/mol. The molecule has 0 aromatic heterocycles. The molecule has 2 heterocycles. The smallest absolute Gasteiger partial charge is 0.227 e. The van der Waals surface area contributed by atoms with Gasteiger partial charge in [0.05, 0.1) is 25.8 Å². The van der Waals surface area contributed by atoms with Crippen molar-refractivity contribution in [2.24, 2.45) is 11.3 Å². The van der Waals surface area contributed by atoms with Crippen molar-refractivity contribution < 1.29 is 19.1 Å².